The van der Waals surface area contributed by atoms with Crippen molar-refractivity contribution in [2.75, 3.05) is 5.73 Å². The second-order valence-electron chi connectivity index (χ2n) is 3.89. The molecular formula is C12H14N4O. The summed E-state index contributed by atoms with van der Waals surface area (Å²) in [4.78, 5) is 11.1. The van der Waals surface area contributed by atoms with E-state index in [1.54, 1.807) is 0 Å². The van der Waals surface area contributed by atoms with Crippen LogP contribution in [0.15, 0.2) is 18.2 Å². The lowest BCUT2D eigenvalue weighted by atomic mass is 10.0. The quantitative estimate of drug-likeness (QED) is 0.829. The largest absolute Gasteiger partial charge is 0.396 e. The van der Waals surface area contributed by atoms with Crippen LogP contribution < -0.4 is 11.5 Å². The molecule has 0 aliphatic carbocycles. The van der Waals surface area contributed by atoms with E-state index in [1.807, 2.05) is 18.2 Å². The van der Waals surface area contributed by atoms with Gasteiger partial charge in [0.05, 0.1) is 11.2 Å². The Hall–Kier alpha value is -2.17. The molecule has 4 N–H and O–H groups in total. The molecule has 0 unspecified atom stereocenters. The number of nitrogens with zero attached hydrogens (tertiary/aromatic N) is 2. The van der Waals surface area contributed by atoms with Crippen molar-refractivity contribution in [2.24, 2.45) is 5.73 Å². The first-order chi connectivity index (χ1) is 8.15. The Morgan fingerprint density at radius 1 is 1.35 bits per heavy atom. The molecule has 0 aliphatic rings. The summed E-state index contributed by atoms with van der Waals surface area (Å²) >= 11 is 0. The summed E-state index contributed by atoms with van der Waals surface area (Å²) in [6, 6.07) is 5.71. The van der Waals surface area contributed by atoms with E-state index in [1.165, 1.54) is 0 Å². The highest BCUT2D eigenvalue weighted by Gasteiger charge is 2.13. The molecule has 0 spiro atoms. The molecule has 0 saturated carbocycles. The molecule has 2 aromatic rings. The molecule has 0 radical (unpaired) electrons. The van der Waals surface area contributed by atoms with Crippen LogP contribution in [0.4, 0.5) is 5.69 Å². The third kappa shape index (κ3) is 1.91. The molecule has 0 bridgehead atoms. The minimum absolute atomic E-state index is 0.0335. The number of amides is 1. The molecule has 1 amide bonds. The van der Waals surface area contributed by atoms with Crippen molar-refractivity contribution in [3.63, 3.8) is 0 Å². The summed E-state index contributed by atoms with van der Waals surface area (Å²) in [7, 11) is 0. The van der Waals surface area contributed by atoms with Gasteiger partial charge in [-0.1, -0.05) is 31.5 Å². The Morgan fingerprint density at radius 3 is 2.76 bits per heavy atom. The van der Waals surface area contributed by atoms with Gasteiger partial charge in [-0.05, 0) is 12.0 Å². The van der Waals surface area contributed by atoms with Gasteiger partial charge in [-0.2, -0.15) is 0 Å². The van der Waals surface area contributed by atoms with Crippen LogP contribution in [0.2, 0.25) is 0 Å². The topological polar surface area (TPSA) is 94.9 Å². The van der Waals surface area contributed by atoms with E-state index >= 15 is 0 Å². The molecule has 2 rings (SSSR count). The van der Waals surface area contributed by atoms with E-state index < -0.39 is 5.91 Å². The number of hydrogen-bond donors (Lipinski definition) is 2. The van der Waals surface area contributed by atoms with Crippen LogP contribution in [-0.2, 0) is 6.42 Å². The summed E-state index contributed by atoms with van der Waals surface area (Å²) in [6.07, 6.45) is 1.92. The summed E-state index contributed by atoms with van der Waals surface area (Å²) in [5.41, 5.74) is 13.2. The number of aryl methyl sites for hydroxylation is 1. The lowest BCUT2D eigenvalue weighted by Gasteiger charge is -2.07. The van der Waals surface area contributed by atoms with Crippen molar-refractivity contribution in [2.45, 2.75) is 19.8 Å². The molecular weight excluding hydrogens is 216 g/mol. The maximum Gasteiger partial charge on any atom is 0.271 e. The normalized spacial score (nSPS) is 10.6. The number of fused-ring (bicyclic) bond motifs is 1. The fourth-order valence-electron chi connectivity index (χ4n) is 1.86. The van der Waals surface area contributed by atoms with Crippen LogP contribution in [0.3, 0.4) is 0 Å². The second kappa shape index (κ2) is 4.37. The highest BCUT2D eigenvalue weighted by Crippen LogP contribution is 2.24. The monoisotopic (exact) mass is 230 g/mol. The number of rotatable bonds is 3. The number of aromatic nitrogens is 2. The second-order valence-corrected chi connectivity index (χ2v) is 3.89. The van der Waals surface area contributed by atoms with E-state index in [2.05, 4.69) is 17.1 Å². The predicted molar refractivity (Wildman–Crippen MR) is 66.5 cm³/mol. The van der Waals surface area contributed by atoms with Gasteiger partial charge in [0.25, 0.3) is 5.91 Å². The molecule has 17 heavy (non-hydrogen) atoms. The first-order valence-electron chi connectivity index (χ1n) is 5.48. The minimum Gasteiger partial charge on any atom is -0.396 e. The molecule has 0 saturated heterocycles. The molecule has 0 atom stereocenters. The first-order valence-corrected chi connectivity index (χ1v) is 5.48. The lowest BCUT2D eigenvalue weighted by molar-refractivity contribution is 0.0996. The average Bonchev–Trinajstić information content (AvgIpc) is 2.30. The fraction of sp³-hybridized carbons (Fsp3) is 0.250. The zero-order valence-corrected chi connectivity index (χ0v) is 9.60. The molecule has 5 heteroatoms. The Morgan fingerprint density at radius 2 is 2.12 bits per heavy atom. The summed E-state index contributed by atoms with van der Waals surface area (Å²) in [5.74, 6) is -0.655. The average molecular weight is 230 g/mol. The van der Waals surface area contributed by atoms with Crippen LogP contribution in [-0.4, -0.2) is 16.1 Å². The van der Waals surface area contributed by atoms with E-state index in [4.69, 9.17) is 11.5 Å². The zero-order valence-electron chi connectivity index (χ0n) is 9.60. The van der Waals surface area contributed by atoms with Crippen molar-refractivity contribution < 1.29 is 4.79 Å². The summed E-state index contributed by atoms with van der Waals surface area (Å²) in [6.45, 7) is 2.09. The van der Waals surface area contributed by atoms with E-state index in [9.17, 15) is 4.79 Å². The molecule has 5 nitrogen and oxygen atoms in total. The van der Waals surface area contributed by atoms with Crippen molar-refractivity contribution in [3.8, 4) is 0 Å². The molecule has 1 aromatic heterocycles. The summed E-state index contributed by atoms with van der Waals surface area (Å²) < 4.78 is 0. The molecule has 1 heterocycles. The number of anilines is 1. The van der Waals surface area contributed by atoms with Gasteiger partial charge >= 0.3 is 0 Å². The minimum atomic E-state index is -0.655. The van der Waals surface area contributed by atoms with Gasteiger partial charge in [-0.3, -0.25) is 4.79 Å². The molecule has 0 fully saturated rings. The third-order valence-corrected chi connectivity index (χ3v) is 2.67. The number of nitrogens with two attached hydrogens (primary N) is 2. The predicted octanol–water partition coefficient (Wildman–Crippen LogP) is 1.26. The van der Waals surface area contributed by atoms with Gasteiger partial charge in [0.1, 0.15) is 0 Å². The smallest absolute Gasteiger partial charge is 0.271 e. The van der Waals surface area contributed by atoms with Crippen molar-refractivity contribution in [3.05, 3.63) is 29.5 Å². The van der Waals surface area contributed by atoms with Gasteiger partial charge in [0, 0.05) is 5.39 Å². The van der Waals surface area contributed by atoms with E-state index in [0.717, 1.165) is 29.3 Å². The molecule has 88 valence electrons. The van der Waals surface area contributed by atoms with Gasteiger partial charge in [-0.25, -0.2) is 0 Å². The molecule has 0 aliphatic heterocycles. The van der Waals surface area contributed by atoms with Crippen molar-refractivity contribution >= 4 is 22.5 Å². The van der Waals surface area contributed by atoms with Crippen LogP contribution >= 0.6 is 0 Å². The van der Waals surface area contributed by atoms with E-state index in [0.29, 0.717) is 5.69 Å². The van der Waals surface area contributed by atoms with Gasteiger partial charge < -0.3 is 11.5 Å². The number of primary amides is 1. The van der Waals surface area contributed by atoms with Gasteiger partial charge in [-0.15, -0.1) is 10.2 Å². The standard InChI is InChI=1S/C12H14N4O/c1-2-4-7-5-3-6-8-9(13)11(12(14)17)16-15-10(7)8/h3,5-6H,2,4H2,1H3,(H2,13,15)(H2,14,17). The Bertz CT molecular complexity index is 580. The van der Waals surface area contributed by atoms with Crippen LogP contribution in [0.5, 0.6) is 0 Å². The Labute approximate surface area is 98.8 Å². The number of carbonyl (C=O) groups is 1. The highest BCUT2D eigenvalue weighted by atomic mass is 16.1. The fourth-order valence-corrected chi connectivity index (χ4v) is 1.86. The number of hydrogen-bond acceptors (Lipinski definition) is 4. The van der Waals surface area contributed by atoms with Crippen LogP contribution in [0, 0.1) is 0 Å². The first kappa shape index (κ1) is 11.3. The van der Waals surface area contributed by atoms with Crippen LogP contribution in [0.25, 0.3) is 10.9 Å². The van der Waals surface area contributed by atoms with Crippen LogP contribution in [0.1, 0.15) is 29.4 Å². The van der Waals surface area contributed by atoms with Crippen molar-refractivity contribution in [1.29, 1.82) is 0 Å². The highest BCUT2D eigenvalue weighted by molar-refractivity contribution is 6.04. The number of carbonyl (C=O) groups excluding carboxylic acids is 1. The van der Waals surface area contributed by atoms with Gasteiger partial charge in [0.2, 0.25) is 0 Å². The zero-order chi connectivity index (χ0) is 12.4. The van der Waals surface area contributed by atoms with Crippen molar-refractivity contribution in [1.82, 2.24) is 10.2 Å². The van der Waals surface area contributed by atoms with E-state index in [-0.39, 0.29) is 5.69 Å². The Kier molecular flexibility index (Phi) is 2.91. The maximum absolute atomic E-state index is 11.1. The Balaban J connectivity index is 2.71. The number of nitrogen functional groups attached to an aromatic ring is 1. The maximum atomic E-state index is 11.1. The molecule has 1 aromatic carbocycles. The third-order valence-electron chi connectivity index (χ3n) is 2.67. The number of benzene rings is 1. The lowest BCUT2D eigenvalue weighted by Crippen LogP contribution is -2.17. The van der Waals surface area contributed by atoms with Gasteiger partial charge in [0.15, 0.2) is 5.69 Å². The SMILES string of the molecule is CCCc1cccc2c(N)c(C(N)=O)nnc12. The summed E-state index contributed by atoms with van der Waals surface area (Å²) in [5, 5.41) is 8.59.